The number of hydrogen-bond acceptors (Lipinski definition) is 5. The maximum absolute atomic E-state index is 13.2. The average Bonchev–Trinajstić information content (AvgIpc) is 2.54. The number of sulfone groups is 1. The summed E-state index contributed by atoms with van der Waals surface area (Å²) in [5, 5.41) is 14.1. The number of hydrogen-bond donors (Lipinski definition) is 1. The van der Waals surface area contributed by atoms with Crippen molar-refractivity contribution in [1.82, 2.24) is 0 Å². The van der Waals surface area contributed by atoms with Gasteiger partial charge < -0.3 is 5.32 Å². The molecule has 2 aromatic carbocycles. The molecule has 0 saturated heterocycles. The second kappa shape index (κ2) is 6.68. The Morgan fingerprint density at radius 3 is 2.35 bits per heavy atom. The molecule has 6 nitrogen and oxygen atoms in total. The first-order valence-electron chi connectivity index (χ1n) is 8.20. The molecular weight excluding hydrogens is 359 g/mol. The quantitative estimate of drug-likeness (QED) is 0.612. The van der Waals surface area contributed by atoms with Crippen molar-refractivity contribution in [2.24, 2.45) is 0 Å². The number of nitrogens with one attached hydrogen (secondary N) is 1. The number of halogens is 1. The molecule has 1 aliphatic carbocycles. The summed E-state index contributed by atoms with van der Waals surface area (Å²) in [4.78, 5) is 10.2. The SMILES string of the molecule is CS(=O)(=O)c1cc([N+](=O)[O-])ccc1NCC1(c2ccc(F)cc2)CCC1. The lowest BCUT2D eigenvalue weighted by Crippen LogP contribution is -2.41. The number of benzene rings is 2. The zero-order chi connectivity index (χ0) is 18.9. The first-order chi connectivity index (χ1) is 12.2. The fourth-order valence-electron chi connectivity index (χ4n) is 3.32. The second-order valence-corrected chi connectivity index (χ2v) is 8.69. The highest BCUT2D eigenvalue weighted by atomic mass is 32.2. The van der Waals surface area contributed by atoms with Gasteiger partial charge in [-0.25, -0.2) is 12.8 Å². The van der Waals surface area contributed by atoms with Crippen LogP contribution in [0.1, 0.15) is 24.8 Å². The average molecular weight is 378 g/mol. The van der Waals surface area contributed by atoms with E-state index in [0.29, 0.717) is 12.2 Å². The Hall–Kier alpha value is -2.48. The monoisotopic (exact) mass is 378 g/mol. The molecule has 138 valence electrons. The van der Waals surface area contributed by atoms with E-state index in [1.807, 2.05) is 0 Å². The van der Waals surface area contributed by atoms with Crippen LogP contribution in [-0.4, -0.2) is 26.1 Å². The van der Waals surface area contributed by atoms with Crippen molar-refractivity contribution in [3.05, 3.63) is 64.0 Å². The van der Waals surface area contributed by atoms with Gasteiger partial charge in [0.2, 0.25) is 0 Å². The molecule has 0 radical (unpaired) electrons. The van der Waals surface area contributed by atoms with E-state index < -0.39 is 14.8 Å². The van der Waals surface area contributed by atoms with Crippen LogP contribution in [0.3, 0.4) is 0 Å². The van der Waals surface area contributed by atoms with Crippen LogP contribution in [0.2, 0.25) is 0 Å². The third-order valence-electron chi connectivity index (χ3n) is 4.96. The highest BCUT2D eigenvalue weighted by molar-refractivity contribution is 7.90. The van der Waals surface area contributed by atoms with Gasteiger partial charge in [0.1, 0.15) is 5.82 Å². The third kappa shape index (κ3) is 3.55. The standard InChI is InChI=1S/C18H19FN2O4S/c1-26(24,25)17-11-15(21(22)23)7-8-16(17)20-12-18(9-2-10-18)13-3-5-14(19)6-4-13/h3-8,11,20H,2,9-10,12H2,1H3. The summed E-state index contributed by atoms with van der Waals surface area (Å²) in [5.41, 5.74) is 0.879. The van der Waals surface area contributed by atoms with E-state index in [-0.39, 0.29) is 21.8 Å². The number of anilines is 1. The minimum Gasteiger partial charge on any atom is -0.383 e. The number of nitro groups is 1. The first kappa shape index (κ1) is 18.3. The van der Waals surface area contributed by atoms with Crippen molar-refractivity contribution in [1.29, 1.82) is 0 Å². The van der Waals surface area contributed by atoms with E-state index in [1.54, 1.807) is 12.1 Å². The molecular formula is C18H19FN2O4S. The van der Waals surface area contributed by atoms with Gasteiger partial charge in [0.05, 0.1) is 15.5 Å². The maximum atomic E-state index is 13.2. The highest BCUT2D eigenvalue weighted by Gasteiger charge is 2.38. The van der Waals surface area contributed by atoms with Crippen LogP contribution >= 0.6 is 0 Å². The van der Waals surface area contributed by atoms with Crippen LogP contribution in [0.4, 0.5) is 15.8 Å². The molecule has 1 N–H and O–H groups in total. The highest BCUT2D eigenvalue weighted by Crippen LogP contribution is 2.44. The Bertz CT molecular complexity index is 938. The molecule has 0 unspecified atom stereocenters. The number of nitro benzene ring substituents is 1. The summed E-state index contributed by atoms with van der Waals surface area (Å²) in [6.45, 7) is 0.471. The Balaban J connectivity index is 1.89. The molecule has 1 fully saturated rings. The summed E-state index contributed by atoms with van der Waals surface area (Å²) >= 11 is 0. The van der Waals surface area contributed by atoms with E-state index >= 15 is 0 Å². The molecule has 8 heteroatoms. The second-order valence-electron chi connectivity index (χ2n) is 6.70. The van der Waals surface area contributed by atoms with Gasteiger partial charge in [-0.1, -0.05) is 18.6 Å². The van der Waals surface area contributed by atoms with Crippen molar-refractivity contribution < 1.29 is 17.7 Å². The minimum atomic E-state index is -3.63. The number of nitrogens with zero attached hydrogens (tertiary/aromatic N) is 1. The predicted molar refractivity (Wildman–Crippen MR) is 96.6 cm³/mol. The third-order valence-corrected chi connectivity index (χ3v) is 6.10. The van der Waals surface area contributed by atoms with Crippen molar-refractivity contribution in [2.45, 2.75) is 29.6 Å². The van der Waals surface area contributed by atoms with Gasteiger partial charge in [0.25, 0.3) is 5.69 Å². The lowest BCUT2D eigenvalue weighted by atomic mass is 9.64. The molecule has 2 aromatic rings. The van der Waals surface area contributed by atoms with E-state index in [4.69, 9.17) is 0 Å². The van der Waals surface area contributed by atoms with Crippen molar-refractivity contribution in [3.8, 4) is 0 Å². The Morgan fingerprint density at radius 1 is 1.19 bits per heavy atom. The Kier molecular flexibility index (Phi) is 4.70. The van der Waals surface area contributed by atoms with Crippen LogP contribution in [-0.2, 0) is 15.3 Å². The molecule has 0 heterocycles. The summed E-state index contributed by atoms with van der Waals surface area (Å²) in [6.07, 6.45) is 3.88. The molecule has 0 bridgehead atoms. The van der Waals surface area contributed by atoms with Crippen molar-refractivity contribution >= 4 is 21.2 Å². The summed E-state index contributed by atoms with van der Waals surface area (Å²) < 4.78 is 37.3. The Morgan fingerprint density at radius 2 is 1.85 bits per heavy atom. The lowest BCUT2D eigenvalue weighted by molar-refractivity contribution is -0.385. The fraction of sp³-hybridized carbons (Fsp3) is 0.333. The van der Waals surface area contributed by atoms with Gasteiger partial charge in [0.15, 0.2) is 9.84 Å². The maximum Gasteiger partial charge on any atom is 0.270 e. The molecule has 0 amide bonds. The van der Waals surface area contributed by atoms with Gasteiger partial charge in [-0.15, -0.1) is 0 Å². The molecule has 0 atom stereocenters. The summed E-state index contributed by atoms with van der Waals surface area (Å²) in [6, 6.07) is 10.1. The normalized spacial score (nSPS) is 15.9. The van der Waals surface area contributed by atoms with Gasteiger partial charge >= 0.3 is 0 Å². The van der Waals surface area contributed by atoms with Crippen LogP contribution in [0.5, 0.6) is 0 Å². The van der Waals surface area contributed by atoms with Crippen LogP contribution in [0.15, 0.2) is 47.4 Å². The molecule has 1 saturated carbocycles. The van der Waals surface area contributed by atoms with Crippen LogP contribution in [0, 0.1) is 15.9 Å². The molecule has 1 aliphatic rings. The van der Waals surface area contributed by atoms with Gasteiger partial charge in [-0.2, -0.15) is 0 Å². The van der Waals surface area contributed by atoms with Crippen molar-refractivity contribution in [3.63, 3.8) is 0 Å². The van der Waals surface area contributed by atoms with Gasteiger partial charge in [-0.05, 0) is 36.6 Å². The molecule has 0 spiro atoms. The fourth-order valence-corrected chi connectivity index (χ4v) is 4.19. The van der Waals surface area contributed by atoms with Gasteiger partial charge in [-0.3, -0.25) is 10.1 Å². The Labute approximate surface area is 151 Å². The molecule has 3 rings (SSSR count). The van der Waals surface area contributed by atoms with Gasteiger partial charge in [0, 0.05) is 30.3 Å². The predicted octanol–water partition coefficient (Wildman–Crippen LogP) is 3.67. The van der Waals surface area contributed by atoms with E-state index in [0.717, 1.165) is 37.1 Å². The smallest absolute Gasteiger partial charge is 0.270 e. The topological polar surface area (TPSA) is 89.3 Å². The van der Waals surface area contributed by atoms with Crippen LogP contribution in [0.25, 0.3) is 0 Å². The minimum absolute atomic E-state index is 0.0970. The van der Waals surface area contributed by atoms with E-state index in [2.05, 4.69) is 5.32 Å². The number of non-ortho nitro benzene ring substituents is 1. The molecule has 0 aliphatic heterocycles. The largest absolute Gasteiger partial charge is 0.383 e. The summed E-state index contributed by atoms with van der Waals surface area (Å²) in [7, 11) is -3.63. The first-order valence-corrected chi connectivity index (χ1v) is 10.1. The number of rotatable bonds is 6. The summed E-state index contributed by atoms with van der Waals surface area (Å²) in [5.74, 6) is -0.300. The molecule has 0 aromatic heterocycles. The van der Waals surface area contributed by atoms with Crippen molar-refractivity contribution in [2.75, 3.05) is 18.1 Å². The zero-order valence-corrected chi connectivity index (χ0v) is 15.1. The molecule has 26 heavy (non-hydrogen) atoms. The zero-order valence-electron chi connectivity index (χ0n) is 14.2. The van der Waals surface area contributed by atoms with E-state index in [1.165, 1.54) is 24.3 Å². The van der Waals surface area contributed by atoms with Crippen LogP contribution < -0.4 is 5.32 Å². The lowest BCUT2D eigenvalue weighted by Gasteiger charge is -2.43. The van der Waals surface area contributed by atoms with E-state index in [9.17, 15) is 22.9 Å².